The molecule has 0 aromatic heterocycles. The van der Waals surface area contributed by atoms with Crippen LogP contribution in [0.2, 0.25) is 0 Å². The third-order valence-corrected chi connectivity index (χ3v) is 2.38. The number of hydrogen-bond acceptors (Lipinski definition) is 4. The van der Waals surface area contributed by atoms with E-state index >= 15 is 0 Å². The monoisotopic (exact) mass is 268 g/mol. The van der Waals surface area contributed by atoms with Gasteiger partial charge in [-0.15, -0.1) is 0 Å². The van der Waals surface area contributed by atoms with E-state index < -0.39 is 0 Å². The quantitative estimate of drug-likeness (QED) is 0.515. The summed E-state index contributed by atoms with van der Waals surface area (Å²) in [6, 6.07) is 4.88. The van der Waals surface area contributed by atoms with Crippen molar-refractivity contribution in [2.24, 2.45) is 0 Å². The molecule has 0 aliphatic heterocycles. The number of benzene rings is 1. The summed E-state index contributed by atoms with van der Waals surface area (Å²) in [4.78, 5) is 11.5. The Bertz CT molecular complexity index is 438. The van der Waals surface area contributed by atoms with E-state index in [0.717, 1.165) is 0 Å². The number of ketones is 1. The molecule has 15 heavy (non-hydrogen) atoms. The van der Waals surface area contributed by atoms with Crippen LogP contribution in [-0.2, 0) is 0 Å². The maximum atomic E-state index is 11.5. The molecule has 5 heteroatoms. The van der Waals surface area contributed by atoms with E-state index in [9.17, 15) is 4.79 Å². The minimum Gasteiger partial charge on any atom is -0.494 e. The van der Waals surface area contributed by atoms with E-state index in [1.54, 1.807) is 0 Å². The normalized spacial score (nSPS) is 9.40. The molecule has 78 valence electrons. The highest BCUT2D eigenvalue weighted by Gasteiger charge is 2.15. The second-order valence-corrected chi connectivity index (χ2v) is 3.38. The molecule has 0 heterocycles. The number of anilines is 1. The van der Waals surface area contributed by atoms with Gasteiger partial charge in [0, 0.05) is 0 Å². The summed E-state index contributed by atoms with van der Waals surface area (Å²) in [6.45, 7) is 0. The Morgan fingerprint density at radius 2 is 2.33 bits per heavy atom. The summed E-state index contributed by atoms with van der Waals surface area (Å²) >= 11 is 3.06. The fraction of sp³-hybridized carbons (Fsp3) is 0.200. The van der Waals surface area contributed by atoms with Crippen molar-refractivity contribution in [3.63, 3.8) is 0 Å². The molecule has 0 atom stereocenters. The minimum atomic E-state index is -0.171. The number of rotatable bonds is 3. The van der Waals surface area contributed by atoms with Gasteiger partial charge < -0.3 is 10.5 Å². The van der Waals surface area contributed by atoms with Gasteiger partial charge in [0.25, 0.3) is 0 Å². The van der Waals surface area contributed by atoms with Gasteiger partial charge in [-0.2, -0.15) is 5.26 Å². The fourth-order valence-electron chi connectivity index (χ4n) is 1.22. The molecule has 0 aliphatic rings. The molecule has 0 amide bonds. The van der Waals surface area contributed by atoms with Gasteiger partial charge >= 0.3 is 0 Å². The first-order chi connectivity index (χ1) is 7.13. The smallest absolute Gasteiger partial charge is 0.177 e. The van der Waals surface area contributed by atoms with Crippen LogP contribution < -0.4 is 10.5 Å². The summed E-state index contributed by atoms with van der Waals surface area (Å²) in [5.74, 6) is 0.147. The number of hydrogen-bond donors (Lipinski definition) is 1. The third kappa shape index (κ3) is 2.28. The van der Waals surface area contributed by atoms with Gasteiger partial charge in [0.2, 0.25) is 0 Å². The molecule has 0 saturated carbocycles. The number of nitrogens with zero attached hydrogens (tertiary/aromatic N) is 1. The molecule has 0 bridgehead atoms. The number of nitrogens with two attached hydrogens (primary N) is 1. The van der Waals surface area contributed by atoms with E-state index in [-0.39, 0.29) is 11.1 Å². The van der Waals surface area contributed by atoms with Crippen LogP contribution in [0.5, 0.6) is 5.75 Å². The van der Waals surface area contributed by atoms with Gasteiger partial charge in [-0.3, -0.25) is 4.79 Å². The molecule has 1 aromatic rings. The number of Topliss-reactive ketones (excluding diaryl/α,β-unsaturated/α-hetero) is 1. The van der Waals surface area contributed by atoms with Crippen LogP contribution in [-0.4, -0.2) is 18.2 Å². The van der Waals surface area contributed by atoms with Crippen molar-refractivity contribution < 1.29 is 9.53 Å². The van der Waals surface area contributed by atoms with Gasteiger partial charge in [0.05, 0.1) is 35.3 Å². The van der Waals surface area contributed by atoms with Crippen LogP contribution in [0.4, 0.5) is 5.69 Å². The number of ether oxygens (including phenoxy) is 1. The molecular weight excluding hydrogens is 260 g/mol. The molecule has 0 saturated heterocycles. The summed E-state index contributed by atoms with van der Waals surface area (Å²) in [6.07, 6.45) is 0. The molecule has 0 fully saturated rings. The largest absolute Gasteiger partial charge is 0.494 e. The summed E-state index contributed by atoms with van der Waals surface area (Å²) in [5.41, 5.74) is 6.62. The average Bonchev–Trinajstić information content (AvgIpc) is 2.26. The lowest BCUT2D eigenvalue weighted by Gasteiger charge is -2.09. The second-order valence-electron chi connectivity index (χ2n) is 2.81. The molecular formula is C10H9BrN2O2. The van der Waals surface area contributed by atoms with Crippen molar-refractivity contribution in [2.75, 3.05) is 18.2 Å². The Labute approximate surface area is 95.8 Å². The zero-order chi connectivity index (χ0) is 11.4. The second kappa shape index (κ2) is 4.80. The van der Waals surface area contributed by atoms with Crippen molar-refractivity contribution in [1.82, 2.24) is 0 Å². The summed E-state index contributed by atoms with van der Waals surface area (Å²) in [7, 11) is 1.43. The van der Waals surface area contributed by atoms with Crippen LogP contribution in [0, 0.1) is 11.3 Å². The van der Waals surface area contributed by atoms with Crippen molar-refractivity contribution in [1.29, 1.82) is 5.26 Å². The zero-order valence-corrected chi connectivity index (χ0v) is 9.67. The van der Waals surface area contributed by atoms with E-state index in [4.69, 9.17) is 15.7 Å². The molecule has 0 radical (unpaired) electrons. The highest BCUT2D eigenvalue weighted by atomic mass is 79.9. The van der Waals surface area contributed by atoms with Crippen LogP contribution in [0.1, 0.15) is 15.9 Å². The van der Waals surface area contributed by atoms with Crippen LogP contribution in [0.15, 0.2) is 12.1 Å². The van der Waals surface area contributed by atoms with E-state index in [1.165, 1.54) is 19.2 Å². The van der Waals surface area contributed by atoms with E-state index in [0.29, 0.717) is 22.6 Å². The Hall–Kier alpha value is -1.54. The Balaban J connectivity index is 3.40. The maximum Gasteiger partial charge on any atom is 0.177 e. The maximum absolute atomic E-state index is 11.5. The highest BCUT2D eigenvalue weighted by Crippen LogP contribution is 2.28. The van der Waals surface area contributed by atoms with Crippen molar-refractivity contribution in [3.05, 3.63) is 23.3 Å². The van der Waals surface area contributed by atoms with Gasteiger partial charge in [-0.1, -0.05) is 15.9 Å². The number of halogens is 1. The average molecular weight is 269 g/mol. The molecule has 4 nitrogen and oxygen atoms in total. The van der Waals surface area contributed by atoms with Crippen molar-refractivity contribution in [2.45, 2.75) is 0 Å². The predicted molar refractivity (Wildman–Crippen MR) is 60.2 cm³/mol. The molecule has 0 unspecified atom stereocenters. The number of carbonyl (C=O) groups is 1. The number of nitriles is 1. The van der Waals surface area contributed by atoms with Crippen LogP contribution >= 0.6 is 15.9 Å². The number of nitrogen functional groups attached to an aromatic ring is 1. The lowest BCUT2D eigenvalue weighted by Crippen LogP contribution is -2.06. The first kappa shape index (κ1) is 11.5. The summed E-state index contributed by atoms with van der Waals surface area (Å²) in [5, 5.41) is 8.90. The van der Waals surface area contributed by atoms with Gasteiger partial charge in [-0.25, -0.2) is 0 Å². The van der Waals surface area contributed by atoms with Gasteiger partial charge in [0.1, 0.15) is 0 Å². The van der Waals surface area contributed by atoms with Gasteiger partial charge in [0.15, 0.2) is 11.5 Å². The lowest BCUT2D eigenvalue weighted by molar-refractivity contribution is 0.102. The third-order valence-electron chi connectivity index (χ3n) is 1.87. The lowest BCUT2D eigenvalue weighted by atomic mass is 10.1. The number of carbonyl (C=O) groups excluding carboxylic acids is 1. The molecule has 2 N–H and O–H groups in total. The Morgan fingerprint density at radius 1 is 1.67 bits per heavy atom. The minimum absolute atomic E-state index is 0.164. The number of methoxy groups -OCH3 is 1. The molecule has 0 aliphatic carbocycles. The summed E-state index contributed by atoms with van der Waals surface area (Å²) < 4.78 is 5.02. The molecule has 1 aromatic carbocycles. The topological polar surface area (TPSA) is 76.1 Å². The highest BCUT2D eigenvalue weighted by molar-refractivity contribution is 9.09. The van der Waals surface area contributed by atoms with Crippen molar-refractivity contribution >= 4 is 27.4 Å². The van der Waals surface area contributed by atoms with Crippen LogP contribution in [0.3, 0.4) is 0 Å². The fourth-order valence-corrected chi connectivity index (χ4v) is 1.52. The van der Waals surface area contributed by atoms with Gasteiger partial charge in [-0.05, 0) is 12.1 Å². The zero-order valence-electron chi connectivity index (χ0n) is 8.08. The first-order valence-corrected chi connectivity index (χ1v) is 5.23. The van der Waals surface area contributed by atoms with Crippen LogP contribution in [0.25, 0.3) is 0 Å². The van der Waals surface area contributed by atoms with Crippen molar-refractivity contribution in [3.8, 4) is 11.8 Å². The molecule has 0 spiro atoms. The molecule has 1 rings (SSSR count). The standard InChI is InChI=1S/C10H9BrN2O2/c1-15-10-7(9(14)4-11)2-6(5-12)3-8(10)13/h2-3H,4,13H2,1H3. The van der Waals surface area contributed by atoms with E-state index in [1.807, 2.05) is 6.07 Å². The first-order valence-electron chi connectivity index (χ1n) is 4.10. The Kier molecular flexibility index (Phi) is 3.69. The van der Waals surface area contributed by atoms with E-state index in [2.05, 4.69) is 15.9 Å². The number of alkyl halides is 1. The SMILES string of the molecule is COc1c(N)cc(C#N)cc1C(=O)CBr. The Morgan fingerprint density at radius 3 is 2.80 bits per heavy atom. The predicted octanol–water partition coefficient (Wildman–Crippen LogP) is 1.73.